The number of ether oxygens (including phenoxy) is 1. The predicted octanol–water partition coefficient (Wildman–Crippen LogP) is 2.53. The number of hydrogen-bond acceptors (Lipinski definition) is 4. The van der Waals surface area contributed by atoms with E-state index in [9.17, 15) is 0 Å². The van der Waals surface area contributed by atoms with Crippen molar-refractivity contribution in [2.24, 2.45) is 5.92 Å². The molecule has 1 unspecified atom stereocenters. The number of nitriles is 1. The topological polar surface area (TPSA) is 57.9 Å². The summed E-state index contributed by atoms with van der Waals surface area (Å²) in [5, 5.41) is 12.3. The Kier molecular flexibility index (Phi) is 7.24. The molecule has 0 bridgehead atoms. The van der Waals surface area contributed by atoms with E-state index in [-0.39, 0.29) is 12.4 Å². The summed E-state index contributed by atoms with van der Waals surface area (Å²) in [6, 6.07) is 5.57. The van der Waals surface area contributed by atoms with Crippen LogP contribution in [0.1, 0.15) is 31.2 Å². The van der Waals surface area contributed by atoms with Crippen LogP contribution >= 0.6 is 12.4 Å². The lowest BCUT2D eigenvalue weighted by molar-refractivity contribution is 0.267. The van der Waals surface area contributed by atoms with E-state index in [4.69, 9.17) is 10.00 Å². The smallest absolute Gasteiger partial charge is 0.231 e. The lowest BCUT2D eigenvalue weighted by atomic mass is 9.95. The van der Waals surface area contributed by atoms with Gasteiger partial charge in [0.2, 0.25) is 5.88 Å². The van der Waals surface area contributed by atoms with Gasteiger partial charge in [-0.15, -0.1) is 12.4 Å². The van der Waals surface area contributed by atoms with E-state index in [1.54, 1.807) is 18.3 Å². The summed E-state index contributed by atoms with van der Waals surface area (Å²) in [4.78, 5) is 4.08. The molecular weight excluding hydrogens is 262 g/mol. The summed E-state index contributed by atoms with van der Waals surface area (Å²) < 4.78 is 5.57. The minimum Gasteiger partial charge on any atom is -0.477 e. The molecule has 1 fully saturated rings. The van der Waals surface area contributed by atoms with Crippen molar-refractivity contribution >= 4 is 12.4 Å². The van der Waals surface area contributed by atoms with E-state index in [2.05, 4.69) is 16.4 Å². The molecule has 1 saturated heterocycles. The first-order valence-electron chi connectivity index (χ1n) is 6.59. The van der Waals surface area contributed by atoms with Crippen LogP contribution in [0.5, 0.6) is 5.88 Å². The van der Waals surface area contributed by atoms with Crippen molar-refractivity contribution < 1.29 is 4.74 Å². The molecule has 19 heavy (non-hydrogen) atoms. The van der Waals surface area contributed by atoms with Crippen LogP contribution in [0.3, 0.4) is 0 Å². The van der Waals surface area contributed by atoms with E-state index in [0.717, 1.165) is 25.4 Å². The molecule has 0 aliphatic carbocycles. The van der Waals surface area contributed by atoms with Gasteiger partial charge in [-0.1, -0.05) is 0 Å². The molecule has 0 radical (unpaired) electrons. The van der Waals surface area contributed by atoms with Crippen LogP contribution in [-0.4, -0.2) is 24.7 Å². The Labute approximate surface area is 120 Å². The van der Waals surface area contributed by atoms with Crippen molar-refractivity contribution in [3.05, 3.63) is 23.9 Å². The summed E-state index contributed by atoms with van der Waals surface area (Å²) in [6.07, 6.45) is 6.46. The minimum absolute atomic E-state index is 0. The Morgan fingerprint density at radius 1 is 1.53 bits per heavy atom. The maximum Gasteiger partial charge on any atom is 0.231 e. The van der Waals surface area contributed by atoms with Crippen molar-refractivity contribution in [1.29, 1.82) is 5.26 Å². The number of nitrogens with one attached hydrogen (secondary N) is 1. The number of hydrogen-bond donors (Lipinski definition) is 1. The van der Waals surface area contributed by atoms with Gasteiger partial charge in [-0.2, -0.15) is 5.26 Å². The number of halogens is 1. The number of rotatable bonds is 5. The summed E-state index contributed by atoms with van der Waals surface area (Å²) in [7, 11) is 0. The summed E-state index contributed by atoms with van der Waals surface area (Å²) in [6.45, 7) is 2.93. The van der Waals surface area contributed by atoms with Crippen LogP contribution < -0.4 is 10.1 Å². The zero-order valence-electron chi connectivity index (χ0n) is 11.0. The molecule has 0 saturated carbocycles. The summed E-state index contributed by atoms with van der Waals surface area (Å²) in [5.41, 5.74) is 0.511. The molecule has 0 aromatic carbocycles. The zero-order chi connectivity index (χ0) is 12.6. The van der Waals surface area contributed by atoms with Crippen molar-refractivity contribution in [2.45, 2.75) is 25.7 Å². The Morgan fingerprint density at radius 3 is 3.16 bits per heavy atom. The number of aromatic nitrogens is 1. The van der Waals surface area contributed by atoms with E-state index >= 15 is 0 Å². The minimum atomic E-state index is 0. The third-order valence-electron chi connectivity index (χ3n) is 3.29. The molecule has 4 nitrogen and oxygen atoms in total. The van der Waals surface area contributed by atoms with Gasteiger partial charge in [0.25, 0.3) is 0 Å². The third kappa shape index (κ3) is 5.06. The summed E-state index contributed by atoms with van der Waals surface area (Å²) >= 11 is 0. The molecule has 5 heteroatoms. The molecule has 1 aliphatic rings. The molecule has 2 heterocycles. The first-order valence-corrected chi connectivity index (χ1v) is 6.59. The zero-order valence-corrected chi connectivity index (χ0v) is 11.8. The second-order valence-electron chi connectivity index (χ2n) is 4.67. The molecule has 1 N–H and O–H groups in total. The van der Waals surface area contributed by atoms with Gasteiger partial charge in [0.15, 0.2) is 0 Å². The fraction of sp³-hybridized carbons (Fsp3) is 0.571. The quantitative estimate of drug-likeness (QED) is 0.843. The van der Waals surface area contributed by atoms with Crippen LogP contribution in [0.2, 0.25) is 0 Å². The van der Waals surface area contributed by atoms with E-state index in [1.165, 1.54) is 19.3 Å². The van der Waals surface area contributed by atoms with Crippen LogP contribution in [0, 0.1) is 17.2 Å². The molecular formula is C14H20ClN3O. The van der Waals surface area contributed by atoms with Gasteiger partial charge in [0.05, 0.1) is 6.61 Å². The van der Waals surface area contributed by atoms with Crippen molar-refractivity contribution in [3.63, 3.8) is 0 Å². The maximum absolute atomic E-state index is 8.90. The van der Waals surface area contributed by atoms with Crippen molar-refractivity contribution in [1.82, 2.24) is 10.3 Å². The van der Waals surface area contributed by atoms with Crippen molar-refractivity contribution in [2.75, 3.05) is 19.7 Å². The van der Waals surface area contributed by atoms with Gasteiger partial charge in [-0.05, 0) is 56.8 Å². The highest BCUT2D eigenvalue weighted by Crippen LogP contribution is 2.17. The van der Waals surface area contributed by atoms with Gasteiger partial charge < -0.3 is 10.1 Å². The lowest BCUT2D eigenvalue weighted by Gasteiger charge is -2.22. The molecule has 2 rings (SSSR count). The summed E-state index contributed by atoms with van der Waals surface area (Å²) in [5.74, 6) is 1.24. The van der Waals surface area contributed by atoms with Gasteiger partial charge >= 0.3 is 0 Å². The lowest BCUT2D eigenvalue weighted by Crippen LogP contribution is -2.29. The number of pyridine rings is 1. The Bertz CT molecular complexity index is 413. The Balaban J connectivity index is 0.00000180. The van der Waals surface area contributed by atoms with Crippen LogP contribution in [-0.2, 0) is 0 Å². The predicted molar refractivity (Wildman–Crippen MR) is 76.5 cm³/mol. The first-order chi connectivity index (χ1) is 8.90. The molecule has 1 atom stereocenters. The van der Waals surface area contributed by atoms with Gasteiger partial charge in [-0.25, -0.2) is 4.98 Å². The first kappa shape index (κ1) is 15.7. The van der Waals surface area contributed by atoms with E-state index < -0.39 is 0 Å². The monoisotopic (exact) mass is 281 g/mol. The maximum atomic E-state index is 8.90. The fourth-order valence-corrected chi connectivity index (χ4v) is 2.30. The molecule has 0 spiro atoms. The SMILES string of the molecule is Cl.N#Cc1cccnc1OCCCC1CCCNC1. The van der Waals surface area contributed by atoms with Crippen LogP contribution in [0.15, 0.2) is 18.3 Å². The van der Waals surface area contributed by atoms with Gasteiger partial charge in [-0.3, -0.25) is 0 Å². The van der Waals surface area contributed by atoms with E-state index in [1.807, 2.05) is 0 Å². The second kappa shape index (κ2) is 8.73. The second-order valence-corrected chi connectivity index (χ2v) is 4.67. The number of nitrogens with zero attached hydrogens (tertiary/aromatic N) is 2. The molecule has 1 aromatic rings. The highest BCUT2D eigenvalue weighted by atomic mass is 35.5. The average molecular weight is 282 g/mol. The molecule has 104 valence electrons. The average Bonchev–Trinajstić information content (AvgIpc) is 2.45. The number of piperidine rings is 1. The van der Waals surface area contributed by atoms with E-state index in [0.29, 0.717) is 18.1 Å². The largest absolute Gasteiger partial charge is 0.477 e. The highest BCUT2D eigenvalue weighted by molar-refractivity contribution is 5.85. The van der Waals surface area contributed by atoms with Crippen molar-refractivity contribution in [3.8, 4) is 11.9 Å². The standard InChI is InChI=1S/C14H19N3O.ClH/c15-10-13-6-2-8-17-14(13)18-9-3-5-12-4-1-7-16-11-12;/h2,6,8,12,16H,1,3-5,7,9,11H2;1H. The van der Waals surface area contributed by atoms with Crippen LogP contribution in [0.25, 0.3) is 0 Å². The van der Waals surface area contributed by atoms with Crippen LogP contribution in [0.4, 0.5) is 0 Å². The highest BCUT2D eigenvalue weighted by Gasteiger charge is 2.12. The van der Waals surface area contributed by atoms with Gasteiger partial charge in [0.1, 0.15) is 11.6 Å². The fourth-order valence-electron chi connectivity index (χ4n) is 2.30. The normalized spacial score (nSPS) is 18.2. The molecule has 1 aromatic heterocycles. The third-order valence-corrected chi connectivity index (χ3v) is 3.29. The Morgan fingerprint density at radius 2 is 2.42 bits per heavy atom. The molecule has 1 aliphatic heterocycles. The Hall–Kier alpha value is -1.31. The molecule has 0 amide bonds. The van der Waals surface area contributed by atoms with Gasteiger partial charge in [0, 0.05) is 6.20 Å².